The molecule has 424 valence electrons. The van der Waals surface area contributed by atoms with Crippen LogP contribution in [0.3, 0.4) is 0 Å². The maximum atomic E-state index is 15.3. The second kappa shape index (κ2) is 26.9. The molecule has 7 aromatic carbocycles. The van der Waals surface area contributed by atoms with Gasteiger partial charge in [0.15, 0.2) is 0 Å². The van der Waals surface area contributed by atoms with Gasteiger partial charge in [-0.15, -0.1) is 0 Å². The first kappa shape index (κ1) is 58.3. The van der Waals surface area contributed by atoms with Crippen LogP contribution in [0.5, 0.6) is 0 Å². The minimum Gasteiger partial charge on any atom is -0.453 e. The van der Waals surface area contributed by atoms with Gasteiger partial charge in [-0.1, -0.05) is 221 Å². The minimum atomic E-state index is -1.54. The summed E-state index contributed by atoms with van der Waals surface area (Å²) in [6.45, 7) is 5.39. The van der Waals surface area contributed by atoms with Crippen molar-refractivity contribution in [1.82, 2.24) is 31.6 Å². The van der Waals surface area contributed by atoms with Gasteiger partial charge in [0.1, 0.15) is 24.2 Å². The molecule has 0 saturated heterocycles. The van der Waals surface area contributed by atoms with Gasteiger partial charge in [0.25, 0.3) is 0 Å². The number of hydrogen-bond donors (Lipinski definition) is 6. The lowest BCUT2D eigenvalue weighted by molar-refractivity contribution is -0.130. The number of carbonyl (C=O) groups is 5. The highest BCUT2D eigenvalue weighted by atomic mass is 16.5. The zero-order chi connectivity index (χ0) is 58.3. The molecule has 1 aliphatic carbocycles. The highest BCUT2D eigenvalue weighted by molar-refractivity contribution is 5.92. The van der Waals surface area contributed by atoms with Crippen LogP contribution in [0.15, 0.2) is 219 Å². The molecule has 8 aromatic rings. The van der Waals surface area contributed by atoms with Crippen LogP contribution in [-0.4, -0.2) is 84.0 Å². The van der Waals surface area contributed by atoms with Gasteiger partial charge in [-0.3, -0.25) is 19.4 Å². The van der Waals surface area contributed by atoms with Gasteiger partial charge in [-0.25, -0.2) is 9.59 Å². The molecule has 5 amide bonds. The predicted molar refractivity (Wildman–Crippen MR) is 321 cm³/mol. The van der Waals surface area contributed by atoms with Crippen LogP contribution in [0.4, 0.5) is 9.59 Å². The number of aliphatic hydroxyl groups excluding tert-OH is 1. The van der Waals surface area contributed by atoms with Gasteiger partial charge < -0.3 is 41.2 Å². The van der Waals surface area contributed by atoms with E-state index in [-0.39, 0.29) is 31.8 Å². The first-order valence-corrected chi connectivity index (χ1v) is 28.0. The zero-order valence-electron chi connectivity index (χ0n) is 47.0. The molecule has 0 radical (unpaired) electrons. The van der Waals surface area contributed by atoms with Crippen molar-refractivity contribution in [3.05, 3.63) is 257 Å². The summed E-state index contributed by atoms with van der Waals surface area (Å²) in [6, 6.07) is 62.9. The number of alkyl carbamates (subject to hydrolysis) is 2. The molecule has 0 bridgehead atoms. The minimum absolute atomic E-state index is 0.0565. The van der Waals surface area contributed by atoms with E-state index in [9.17, 15) is 19.5 Å². The molecule has 83 heavy (non-hydrogen) atoms. The molecule has 0 fully saturated rings. The molecule has 0 spiro atoms. The second-order valence-corrected chi connectivity index (χ2v) is 22.0. The number of benzene rings is 7. The SMILES string of the molecule is COC(=O)N[C@H](C(=O)N[C@@H](Cc1ccc(-c2ccccn2)cc1)C[C@H](O)[C@H](Cc1ccccc1)NC(=O)[C@H](CC(=O)NC(c1ccccc1)(c1ccccc1)c1ccccc1)NC(=O)OCC1c2ccccc2-c2ccccc21)C(C)(C)C. The molecular weight excluding hydrogens is 1040 g/mol. The molecule has 14 nitrogen and oxygen atoms in total. The third-order valence-corrected chi connectivity index (χ3v) is 15.2. The standard InChI is InChI=1S/C69H70N6O8/c1-68(2,3)63(74-66(80)82-4)65(79)71-52(41-47-36-38-48(39-37-47)58-35-21-22-40-70-58)43-61(76)59(42-46-23-9-5-10-24-46)72-64(78)60(73-67(81)83-45-57-55-33-19-17-31-53(55)54-32-18-20-34-56(54)57)44-62(77)75-69(49-25-11-6-12-26-49,50-27-13-7-14-28-50)51-29-15-8-16-30-51/h5-40,52,57,59-61,63,76H,41-45H2,1-4H3,(H,71,79)(H,72,78)(H,73,81)(H,74,80)(H,75,77)/t52-,59-,60-,61-,63+/m0/s1. The largest absolute Gasteiger partial charge is 0.453 e. The van der Waals surface area contributed by atoms with E-state index in [1.807, 2.05) is 233 Å². The van der Waals surface area contributed by atoms with E-state index in [4.69, 9.17) is 9.47 Å². The Morgan fingerprint density at radius 3 is 1.60 bits per heavy atom. The van der Waals surface area contributed by atoms with Crippen LogP contribution in [-0.2, 0) is 42.2 Å². The fourth-order valence-corrected chi connectivity index (χ4v) is 11.1. The maximum Gasteiger partial charge on any atom is 0.407 e. The number of hydrogen-bond acceptors (Lipinski definition) is 9. The third kappa shape index (κ3) is 14.4. The molecule has 0 aliphatic heterocycles. The van der Waals surface area contributed by atoms with E-state index in [0.717, 1.165) is 61.3 Å². The predicted octanol–water partition coefficient (Wildman–Crippen LogP) is 10.4. The van der Waals surface area contributed by atoms with Crippen molar-refractivity contribution in [1.29, 1.82) is 0 Å². The van der Waals surface area contributed by atoms with E-state index in [1.165, 1.54) is 7.11 Å². The lowest BCUT2D eigenvalue weighted by Crippen LogP contribution is -2.58. The van der Waals surface area contributed by atoms with Crippen molar-refractivity contribution in [2.45, 2.75) is 88.2 Å². The van der Waals surface area contributed by atoms with Gasteiger partial charge in [0, 0.05) is 23.7 Å². The number of fused-ring (bicyclic) bond motifs is 3. The molecule has 1 aromatic heterocycles. The molecule has 1 aliphatic rings. The van der Waals surface area contributed by atoms with Crippen LogP contribution in [0.1, 0.15) is 78.5 Å². The number of aromatic nitrogens is 1. The average molecular weight is 1110 g/mol. The zero-order valence-corrected chi connectivity index (χ0v) is 47.0. The Kier molecular flexibility index (Phi) is 18.9. The Morgan fingerprint density at radius 2 is 1.07 bits per heavy atom. The molecule has 6 N–H and O–H groups in total. The Labute approximate surface area is 485 Å². The smallest absolute Gasteiger partial charge is 0.407 e. The van der Waals surface area contributed by atoms with Gasteiger partial charge in [-0.2, -0.15) is 0 Å². The average Bonchev–Trinajstić information content (AvgIpc) is 2.45. The summed E-state index contributed by atoms with van der Waals surface area (Å²) in [6.07, 6.45) is -1.61. The number of methoxy groups -OCH3 is 1. The number of carbonyl (C=O) groups excluding carboxylic acids is 5. The number of nitrogens with zero attached hydrogens (tertiary/aromatic N) is 1. The number of nitrogens with one attached hydrogen (secondary N) is 5. The fraction of sp³-hybridized carbons (Fsp3) is 0.246. The van der Waals surface area contributed by atoms with Crippen molar-refractivity contribution < 1.29 is 38.6 Å². The summed E-state index contributed by atoms with van der Waals surface area (Å²) in [5, 5.41) is 27.6. The summed E-state index contributed by atoms with van der Waals surface area (Å²) in [5.74, 6) is -2.14. The molecule has 0 unspecified atom stereocenters. The Bertz CT molecular complexity index is 3310. The van der Waals surface area contributed by atoms with Gasteiger partial charge >= 0.3 is 12.2 Å². The number of amides is 5. The van der Waals surface area contributed by atoms with Crippen LogP contribution in [0.25, 0.3) is 22.4 Å². The summed E-state index contributed by atoms with van der Waals surface area (Å²) in [4.78, 5) is 76.3. The van der Waals surface area contributed by atoms with Gasteiger partial charge in [0.2, 0.25) is 17.7 Å². The highest BCUT2D eigenvalue weighted by Crippen LogP contribution is 2.44. The van der Waals surface area contributed by atoms with E-state index < -0.39 is 77.6 Å². The van der Waals surface area contributed by atoms with Crippen molar-refractivity contribution in [3.63, 3.8) is 0 Å². The molecule has 1 heterocycles. The summed E-state index contributed by atoms with van der Waals surface area (Å²) in [7, 11) is 1.22. The highest BCUT2D eigenvalue weighted by Gasteiger charge is 2.41. The summed E-state index contributed by atoms with van der Waals surface area (Å²) < 4.78 is 10.9. The number of aliphatic hydroxyl groups is 1. The first-order chi connectivity index (χ1) is 40.2. The first-order valence-electron chi connectivity index (χ1n) is 28.0. The Hall–Kier alpha value is -9.40. The van der Waals surface area contributed by atoms with Gasteiger partial charge in [0.05, 0.1) is 31.4 Å². The van der Waals surface area contributed by atoms with Crippen molar-refractivity contribution in [2.75, 3.05) is 13.7 Å². The second-order valence-electron chi connectivity index (χ2n) is 22.0. The topological polar surface area (TPSA) is 197 Å². The molecule has 14 heteroatoms. The molecular formula is C69H70N6O8. The van der Waals surface area contributed by atoms with E-state index in [0.29, 0.717) is 0 Å². The molecule has 5 atom stereocenters. The van der Waals surface area contributed by atoms with Crippen LogP contribution in [0, 0.1) is 5.41 Å². The van der Waals surface area contributed by atoms with E-state index in [1.54, 1.807) is 6.20 Å². The number of rotatable bonds is 22. The number of pyridine rings is 1. The van der Waals surface area contributed by atoms with E-state index in [2.05, 4.69) is 31.6 Å². The summed E-state index contributed by atoms with van der Waals surface area (Å²) in [5.41, 5.74) is 7.59. The number of ether oxygens (including phenoxy) is 2. The van der Waals surface area contributed by atoms with Crippen LogP contribution in [0.2, 0.25) is 0 Å². The lowest BCUT2D eigenvalue weighted by atomic mass is 9.77. The van der Waals surface area contributed by atoms with Crippen molar-refractivity contribution in [2.24, 2.45) is 5.41 Å². The monoisotopic (exact) mass is 1110 g/mol. The third-order valence-electron chi connectivity index (χ3n) is 15.2. The summed E-state index contributed by atoms with van der Waals surface area (Å²) >= 11 is 0. The Balaban J connectivity index is 1.04. The van der Waals surface area contributed by atoms with Crippen LogP contribution < -0.4 is 26.6 Å². The normalized spacial score (nSPS) is 13.8. The van der Waals surface area contributed by atoms with Crippen molar-refractivity contribution >= 4 is 29.9 Å². The van der Waals surface area contributed by atoms with Crippen LogP contribution >= 0.6 is 0 Å². The van der Waals surface area contributed by atoms with E-state index >= 15 is 9.59 Å². The Morgan fingerprint density at radius 1 is 0.554 bits per heavy atom. The maximum absolute atomic E-state index is 15.3. The molecule has 0 saturated carbocycles. The fourth-order valence-electron chi connectivity index (χ4n) is 11.1. The molecule has 9 rings (SSSR count). The lowest BCUT2D eigenvalue weighted by Gasteiger charge is -2.37. The van der Waals surface area contributed by atoms with Gasteiger partial charge in [-0.05, 0) is 86.9 Å². The van der Waals surface area contributed by atoms with Crippen molar-refractivity contribution in [3.8, 4) is 22.4 Å². The quantitative estimate of drug-likeness (QED) is 0.0358.